The van der Waals surface area contributed by atoms with Gasteiger partial charge in [0.15, 0.2) is 9.84 Å². The van der Waals surface area contributed by atoms with Gasteiger partial charge in [0.2, 0.25) is 0 Å². The summed E-state index contributed by atoms with van der Waals surface area (Å²) >= 11 is 0. The first kappa shape index (κ1) is 8.20. The van der Waals surface area contributed by atoms with Crippen molar-refractivity contribution in [2.75, 3.05) is 6.26 Å². The van der Waals surface area contributed by atoms with Crippen LogP contribution in [0.3, 0.4) is 0 Å². The smallest absolute Gasteiger partial charge is 0.175 e. The molecular formula is C7H7FO2S. The second-order valence-corrected chi connectivity index (χ2v) is 4.24. The van der Waals surface area contributed by atoms with Crippen LogP contribution in [0.1, 0.15) is 0 Å². The van der Waals surface area contributed by atoms with Crippen LogP contribution in [0.4, 0.5) is 4.39 Å². The Kier molecular flexibility index (Phi) is 1.95. The predicted octanol–water partition coefficient (Wildman–Crippen LogP) is 1.23. The van der Waals surface area contributed by atoms with Crippen LogP contribution in [-0.2, 0) is 9.84 Å². The molecule has 11 heavy (non-hydrogen) atoms. The zero-order valence-corrected chi connectivity index (χ0v) is 6.73. The number of hydrogen-bond acceptors (Lipinski definition) is 2. The Morgan fingerprint density at radius 3 is 2.00 bits per heavy atom. The van der Waals surface area contributed by atoms with Crippen molar-refractivity contribution in [3.8, 4) is 0 Å². The van der Waals surface area contributed by atoms with Crippen molar-refractivity contribution in [3.05, 3.63) is 30.1 Å². The summed E-state index contributed by atoms with van der Waals surface area (Å²) in [6.07, 6.45) is 1.08. The summed E-state index contributed by atoms with van der Waals surface area (Å²) in [5, 5.41) is 0. The van der Waals surface area contributed by atoms with Crippen LogP contribution in [0.15, 0.2) is 29.2 Å². The monoisotopic (exact) mass is 173 g/mol. The molecule has 0 saturated heterocycles. The lowest BCUT2D eigenvalue weighted by Gasteiger charge is -1.95. The van der Waals surface area contributed by atoms with Crippen LogP contribution < -0.4 is 0 Å². The van der Waals surface area contributed by atoms with Crippen molar-refractivity contribution < 1.29 is 12.8 Å². The van der Waals surface area contributed by atoms with Crippen LogP contribution in [0.5, 0.6) is 0 Å². The molecule has 1 aromatic carbocycles. The number of halogens is 1. The molecule has 0 heterocycles. The highest BCUT2D eigenvalue weighted by Crippen LogP contribution is 2.08. The third-order valence-corrected chi connectivity index (χ3v) is 2.37. The first-order valence-corrected chi connectivity index (χ1v) is 4.85. The number of hydrogen-bond donors (Lipinski definition) is 0. The van der Waals surface area contributed by atoms with Gasteiger partial charge in [-0.05, 0) is 24.3 Å². The summed E-state index contributed by atoms with van der Waals surface area (Å²) in [5.74, 6) is -0.433. The maximum Gasteiger partial charge on any atom is 0.175 e. The van der Waals surface area contributed by atoms with Crippen molar-refractivity contribution in [2.24, 2.45) is 0 Å². The van der Waals surface area contributed by atoms with Crippen LogP contribution in [0, 0.1) is 5.82 Å². The minimum atomic E-state index is -3.19. The minimum Gasteiger partial charge on any atom is -0.224 e. The van der Waals surface area contributed by atoms with E-state index in [0.717, 1.165) is 18.4 Å². The molecule has 0 spiro atoms. The summed E-state index contributed by atoms with van der Waals surface area (Å²) in [4.78, 5) is 0.138. The molecule has 2 nitrogen and oxygen atoms in total. The second-order valence-electron chi connectivity index (χ2n) is 2.23. The highest BCUT2D eigenvalue weighted by Gasteiger charge is 2.04. The zero-order chi connectivity index (χ0) is 8.48. The average Bonchev–Trinajstić information content (AvgIpc) is 1.86. The standard InChI is InChI=1S/C7H7FO2S/c1-11(9,10)7-4-2-6(8)3-5-7/h2-5H,1H3/i8-1. The van der Waals surface area contributed by atoms with Gasteiger partial charge >= 0.3 is 0 Å². The highest BCUT2D eigenvalue weighted by molar-refractivity contribution is 7.90. The van der Waals surface area contributed by atoms with E-state index >= 15 is 0 Å². The van der Waals surface area contributed by atoms with Gasteiger partial charge < -0.3 is 0 Å². The quantitative estimate of drug-likeness (QED) is 0.598. The molecule has 0 N–H and O–H groups in total. The Morgan fingerprint density at radius 1 is 1.18 bits per heavy atom. The SMILES string of the molecule is CS(=O)(=O)c1ccc([18F])cc1. The van der Waals surface area contributed by atoms with E-state index < -0.39 is 15.7 Å². The van der Waals surface area contributed by atoms with Crippen molar-refractivity contribution in [3.63, 3.8) is 0 Å². The molecule has 0 saturated carbocycles. The maximum atomic E-state index is 12.3. The van der Waals surface area contributed by atoms with Gasteiger partial charge in [-0.2, -0.15) is 0 Å². The van der Waals surface area contributed by atoms with Crippen LogP contribution >= 0.6 is 0 Å². The van der Waals surface area contributed by atoms with E-state index in [4.69, 9.17) is 0 Å². The van der Waals surface area contributed by atoms with E-state index in [1.807, 2.05) is 0 Å². The molecule has 0 bridgehead atoms. The van der Waals surface area contributed by atoms with Gasteiger partial charge in [0.05, 0.1) is 4.90 Å². The Morgan fingerprint density at radius 2 is 1.64 bits per heavy atom. The molecule has 0 aromatic heterocycles. The molecule has 0 atom stereocenters. The molecule has 60 valence electrons. The lowest BCUT2D eigenvalue weighted by Crippen LogP contribution is -1.96. The predicted molar refractivity (Wildman–Crippen MR) is 39.5 cm³/mol. The fraction of sp³-hybridized carbons (Fsp3) is 0.143. The molecule has 0 amide bonds. The van der Waals surface area contributed by atoms with Crippen molar-refractivity contribution in [1.82, 2.24) is 0 Å². The fourth-order valence-electron chi connectivity index (χ4n) is 0.682. The molecule has 0 unspecified atom stereocenters. The maximum absolute atomic E-state index is 12.3. The van der Waals surface area contributed by atoms with E-state index in [-0.39, 0.29) is 4.90 Å². The van der Waals surface area contributed by atoms with Gasteiger partial charge in [-0.3, -0.25) is 0 Å². The van der Waals surface area contributed by atoms with Crippen molar-refractivity contribution in [1.29, 1.82) is 0 Å². The lowest BCUT2D eigenvalue weighted by molar-refractivity contribution is 0.600. The summed E-state index contributed by atoms with van der Waals surface area (Å²) in [5.41, 5.74) is 0. The van der Waals surface area contributed by atoms with Crippen molar-refractivity contribution in [2.45, 2.75) is 4.90 Å². The topological polar surface area (TPSA) is 34.1 Å². The van der Waals surface area contributed by atoms with Crippen LogP contribution in [0.25, 0.3) is 0 Å². The largest absolute Gasteiger partial charge is 0.224 e. The van der Waals surface area contributed by atoms with E-state index in [2.05, 4.69) is 0 Å². The van der Waals surface area contributed by atoms with Gasteiger partial charge in [0.1, 0.15) is 5.82 Å². The van der Waals surface area contributed by atoms with E-state index in [0.29, 0.717) is 0 Å². The molecule has 4 heteroatoms. The average molecular weight is 173 g/mol. The third-order valence-electron chi connectivity index (χ3n) is 1.24. The van der Waals surface area contributed by atoms with Gasteiger partial charge in [-0.15, -0.1) is 0 Å². The Hall–Kier alpha value is -0.900. The first-order chi connectivity index (χ1) is 5.00. The molecule has 0 fully saturated rings. The van der Waals surface area contributed by atoms with E-state index in [1.54, 1.807) is 0 Å². The van der Waals surface area contributed by atoms with E-state index in [1.165, 1.54) is 12.1 Å². The lowest BCUT2D eigenvalue weighted by atomic mass is 10.3. The second kappa shape index (κ2) is 2.62. The zero-order valence-electron chi connectivity index (χ0n) is 5.91. The molecule has 1 aromatic rings. The van der Waals surface area contributed by atoms with Gasteiger partial charge in [-0.1, -0.05) is 0 Å². The van der Waals surface area contributed by atoms with Crippen molar-refractivity contribution >= 4 is 9.84 Å². The number of rotatable bonds is 1. The molecule has 0 aliphatic rings. The molecular weight excluding hydrogens is 166 g/mol. The minimum absolute atomic E-state index is 0.138. The van der Waals surface area contributed by atoms with Gasteiger partial charge in [0.25, 0.3) is 0 Å². The summed E-state index contributed by atoms with van der Waals surface area (Å²) in [6.45, 7) is 0. The Labute approximate surface area is 64.6 Å². The summed E-state index contributed by atoms with van der Waals surface area (Å²) in [6, 6.07) is 4.72. The van der Waals surface area contributed by atoms with Gasteiger partial charge in [0, 0.05) is 6.26 Å². The van der Waals surface area contributed by atoms with Crippen LogP contribution in [-0.4, -0.2) is 14.7 Å². The fourth-order valence-corrected chi connectivity index (χ4v) is 1.31. The molecule has 0 aliphatic heterocycles. The van der Waals surface area contributed by atoms with Gasteiger partial charge in [-0.25, -0.2) is 12.8 Å². The summed E-state index contributed by atoms with van der Waals surface area (Å²) < 4.78 is 33.9. The Bertz CT molecular complexity index is 339. The molecule has 1 rings (SSSR count). The normalized spacial score (nSPS) is 11.5. The van der Waals surface area contributed by atoms with E-state index in [9.17, 15) is 12.8 Å². The third kappa shape index (κ3) is 2.01. The first-order valence-electron chi connectivity index (χ1n) is 2.96. The highest BCUT2D eigenvalue weighted by atomic mass is 32.2. The Balaban J connectivity index is 3.20. The number of benzene rings is 1. The molecule has 0 aliphatic carbocycles. The molecule has 0 radical (unpaired) electrons. The van der Waals surface area contributed by atoms with Crippen LogP contribution in [0.2, 0.25) is 0 Å². The summed E-state index contributed by atoms with van der Waals surface area (Å²) in [7, 11) is -3.19. The number of sulfone groups is 1.